The number of aliphatic imine (C=N–C) groups is 1. The zero-order valence-electron chi connectivity index (χ0n) is 11.3. The largest absolute Gasteiger partial charge is 0.356 e. The number of hydrogen-bond acceptors (Lipinski definition) is 1. The lowest BCUT2D eigenvalue weighted by Crippen LogP contribution is -2.37. The van der Waals surface area contributed by atoms with Crippen LogP contribution < -0.4 is 5.32 Å². The lowest BCUT2D eigenvalue weighted by molar-refractivity contribution is 0.583. The van der Waals surface area contributed by atoms with Crippen LogP contribution in [-0.2, 0) is 6.42 Å². The summed E-state index contributed by atoms with van der Waals surface area (Å²) >= 11 is 0. The third-order valence-corrected chi connectivity index (χ3v) is 2.62. The van der Waals surface area contributed by atoms with Crippen LogP contribution in [0.2, 0.25) is 0 Å². The van der Waals surface area contributed by atoms with E-state index in [0.29, 0.717) is 0 Å². The zero-order chi connectivity index (χ0) is 12.8. The first-order valence-electron chi connectivity index (χ1n) is 5.67. The van der Waals surface area contributed by atoms with Crippen molar-refractivity contribution in [2.75, 3.05) is 27.7 Å². The maximum Gasteiger partial charge on any atom is 0.193 e. The average molecular weight is 365 g/mol. The van der Waals surface area contributed by atoms with Crippen molar-refractivity contribution in [3.05, 3.63) is 35.1 Å². The first-order valence-corrected chi connectivity index (χ1v) is 5.67. The van der Waals surface area contributed by atoms with E-state index >= 15 is 0 Å². The molecule has 0 radical (unpaired) electrons. The highest BCUT2D eigenvalue weighted by atomic mass is 127. The zero-order valence-corrected chi connectivity index (χ0v) is 13.7. The highest BCUT2D eigenvalue weighted by Gasteiger charge is 2.02. The van der Waals surface area contributed by atoms with Gasteiger partial charge < -0.3 is 10.2 Å². The molecule has 0 saturated heterocycles. The molecule has 0 spiro atoms. The standard InChI is InChI=1S/C13H20FN3.HI/c1-10-9-12(14)6-5-11(10)7-8-16-13(15-2)17(3)4;/h5-6,9H,7-8H2,1-4H3,(H,15,16);1H. The quantitative estimate of drug-likeness (QED) is 0.506. The predicted octanol–water partition coefficient (Wildman–Crippen LogP) is 2.43. The van der Waals surface area contributed by atoms with Crippen molar-refractivity contribution in [3.8, 4) is 0 Å². The summed E-state index contributed by atoms with van der Waals surface area (Å²) in [5.74, 6) is 0.674. The lowest BCUT2D eigenvalue weighted by Gasteiger charge is -2.17. The third-order valence-electron chi connectivity index (χ3n) is 2.62. The van der Waals surface area contributed by atoms with Crippen LogP contribution in [0, 0.1) is 12.7 Å². The summed E-state index contributed by atoms with van der Waals surface area (Å²) in [6.07, 6.45) is 0.860. The van der Waals surface area contributed by atoms with E-state index in [2.05, 4.69) is 10.3 Å². The number of nitrogens with one attached hydrogen (secondary N) is 1. The maximum absolute atomic E-state index is 12.9. The van der Waals surface area contributed by atoms with Crippen molar-refractivity contribution in [1.82, 2.24) is 10.2 Å². The summed E-state index contributed by atoms with van der Waals surface area (Å²) in [6, 6.07) is 4.91. The molecule has 0 amide bonds. The second-order valence-corrected chi connectivity index (χ2v) is 4.19. The van der Waals surface area contributed by atoms with Crippen molar-refractivity contribution in [3.63, 3.8) is 0 Å². The van der Waals surface area contributed by atoms with Gasteiger partial charge in [-0.3, -0.25) is 4.99 Å². The number of halogens is 2. The van der Waals surface area contributed by atoms with Crippen LogP contribution in [0.25, 0.3) is 0 Å². The number of guanidine groups is 1. The summed E-state index contributed by atoms with van der Waals surface area (Å²) in [5, 5.41) is 3.24. The van der Waals surface area contributed by atoms with Crippen LogP contribution in [0.3, 0.4) is 0 Å². The van der Waals surface area contributed by atoms with Crippen LogP contribution in [0.15, 0.2) is 23.2 Å². The van der Waals surface area contributed by atoms with E-state index < -0.39 is 0 Å². The predicted molar refractivity (Wildman–Crippen MR) is 85.3 cm³/mol. The van der Waals surface area contributed by atoms with Crippen molar-refractivity contribution in [1.29, 1.82) is 0 Å². The van der Waals surface area contributed by atoms with Crippen molar-refractivity contribution >= 4 is 29.9 Å². The van der Waals surface area contributed by atoms with Crippen molar-refractivity contribution in [2.45, 2.75) is 13.3 Å². The Morgan fingerprint density at radius 3 is 2.56 bits per heavy atom. The molecule has 0 heterocycles. The fraction of sp³-hybridized carbons (Fsp3) is 0.462. The molecule has 3 nitrogen and oxygen atoms in total. The number of aryl methyl sites for hydroxylation is 1. The molecule has 1 aromatic rings. The van der Waals surface area contributed by atoms with Gasteiger partial charge in [0.1, 0.15) is 5.82 Å². The summed E-state index contributed by atoms with van der Waals surface area (Å²) < 4.78 is 12.9. The first-order chi connectivity index (χ1) is 8.04. The van der Waals surface area contributed by atoms with E-state index in [1.807, 2.05) is 32.0 Å². The van der Waals surface area contributed by atoms with Crippen LogP contribution >= 0.6 is 24.0 Å². The molecule has 0 atom stereocenters. The molecule has 0 aromatic heterocycles. The normalized spacial score (nSPS) is 10.8. The molecular weight excluding hydrogens is 344 g/mol. The van der Waals surface area contributed by atoms with E-state index in [1.54, 1.807) is 13.1 Å². The Kier molecular flexibility index (Phi) is 7.90. The molecule has 102 valence electrons. The van der Waals surface area contributed by atoms with E-state index in [4.69, 9.17) is 0 Å². The number of hydrogen-bond donors (Lipinski definition) is 1. The number of benzene rings is 1. The Morgan fingerprint density at radius 1 is 1.39 bits per heavy atom. The second-order valence-electron chi connectivity index (χ2n) is 4.19. The maximum atomic E-state index is 12.9. The van der Waals surface area contributed by atoms with Gasteiger partial charge in [0.05, 0.1) is 0 Å². The Hall–Kier alpha value is -0.850. The Balaban J connectivity index is 0.00000289. The van der Waals surface area contributed by atoms with E-state index in [9.17, 15) is 4.39 Å². The highest BCUT2D eigenvalue weighted by Crippen LogP contribution is 2.10. The summed E-state index contributed by atoms with van der Waals surface area (Å²) in [4.78, 5) is 6.05. The van der Waals surface area contributed by atoms with Gasteiger partial charge in [0.2, 0.25) is 0 Å². The molecule has 0 aliphatic heterocycles. The van der Waals surface area contributed by atoms with E-state index in [1.165, 1.54) is 6.07 Å². The Bertz CT molecular complexity index is 405. The van der Waals surface area contributed by atoms with Crippen molar-refractivity contribution in [2.24, 2.45) is 4.99 Å². The molecule has 18 heavy (non-hydrogen) atoms. The molecule has 0 saturated carbocycles. The van der Waals surface area contributed by atoms with Gasteiger partial charge in [0.25, 0.3) is 0 Å². The van der Waals surface area contributed by atoms with Gasteiger partial charge in [-0.15, -0.1) is 24.0 Å². The molecular formula is C13H21FIN3. The summed E-state index contributed by atoms with van der Waals surface area (Å²) in [6.45, 7) is 2.72. The molecule has 0 fully saturated rings. The summed E-state index contributed by atoms with van der Waals surface area (Å²) in [5.41, 5.74) is 2.15. The summed E-state index contributed by atoms with van der Waals surface area (Å²) in [7, 11) is 5.64. The average Bonchev–Trinajstić information content (AvgIpc) is 2.26. The van der Waals surface area contributed by atoms with Gasteiger partial charge in [-0.2, -0.15) is 0 Å². The monoisotopic (exact) mass is 365 g/mol. The molecule has 1 N–H and O–H groups in total. The molecule has 0 aliphatic rings. The minimum atomic E-state index is -0.177. The fourth-order valence-electron chi connectivity index (χ4n) is 1.69. The first kappa shape index (κ1) is 17.2. The molecule has 0 unspecified atom stereocenters. The topological polar surface area (TPSA) is 27.6 Å². The third kappa shape index (κ3) is 5.20. The van der Waals surface area contributed by atoms with Crippen LogP contribution in [0.5, 0.6) is 0 Å². The van der Waals surface area contributed by atoms with Crippen LogP contribution in [0.1, 0.15) is 11.1 Å². The minimum absolute atomic E-state index is 0. The van der Waals surface area contributed by atoms with Gasteiger partial charge in [0, 0.05) is 27.7 Å². The molecule has 1 rings (SSSR count). The highest BCUT2D eigenvalue weighted by molar-refractivity contribution is 14.0. The van der Waals surface area contributed by atoms with Crippen molar-refractivity contribution < 1.29 is 4.39 Å². The van der Waals surface area contributed by atoms with Gasteiger partial charge in [0.15, 0.2) is 5.96 Å². The molecule has 5 heteroatoms. The number of nitrogens with zero attached hydrogens (tertiary/aromatic N) is 2. The van der Waals surface area contributed by atoms with Crippen LogP contribution in [-0.4, -0.2) is 38.5 Å². The van der Waals surface area contributed by atoms with Gasteiger partial charge in [-0.25, -0.2) is 4.39 Å². The molecule has 0 bridgehead atoms. The van der Waals surface area contributed by atoms with Crippen LogP contribution in [0.4, 0.5) is 4.39 Å². The lowest BCUT2D eigenvalue weighted by atomic mass is 10.1. The smallest absolute Gasteiger partial charge is 0.193 e. The Labute approximate surface area is 126 Å². The Morgan fingerprint density at radius 2 is 2.06 bits per heavy atom. The van der Waals surface area contributed by atoms with Gasteiger partial charge in [-0.1, -0.05) is 6.07 Å². The molecule has 0 aliphatic carbocycles. The van der Waals surface area contributed by atoms with E-state index in [-0.39, 0.29) is 29.8 Å². The fourth-order valence-corrected chi connectivity index (χ4v) is 1.69. The van der Waals surface area contributed by atoms with E-state index in [0.717, 1.165) is 30.1 Å². The minimum Gasteiger partial charge on any atom is -0.356 e. The van der Waals surface area contributed by atoms with Gasteiger partial charge in [-0.05, 0) is 36.6 Å². The SMILES string of the molecule is CN=C(NCCc1ccc(F)cc1C)N(C)C.I. The van der Waals surface area contributed by atoms with Gasteiger partial charge >= 0.3 is 0 Å². The second kappa shape index (κ2) is 8.29. The number of rotatable bonds is 3. The molecule has 1 aromatic carbocycles.